The third-order valence-corrected chi connectivity index (χ3v) is 2.63. The molecule has 2 aromatic rings. The van der Waals surface area contributed by atoms with Crippen LogP contribution in [0.15, 0.2) is 24.3 Å². The lowest BCUT2D eigenvalue weighted by Crippen LogP contribution is -2.00. The molecule has 0 radical (unpaired) electrons. The molecule has 0 saturated carbocycles. The second-order valence-corrected chi connectivity index (χ2v) is 4.13. The minimum atomic E-state index is 0.487. The summed E-state index contributed by atoms with van der Waals surface area (Å²) in [4.78, 5) is 4.11. The van der Waals surface area contributed by atoms with Gasteiger partial charge in [0.05, 0.1) is 13.7 Å². The summed E-state index contributed by atoms with van der Waals surface area (Å²) in [7, 11) is 1.64. The van der Waals surface area contributed by atoms with Gasteiger partial charge in [-0.1, -0.05) is 0 Å². The van der Waals surface area contributed by atoms with Crippen LogP contribution in [0, 0.1) is 4.77 Å². The molecule has 1 aromatic heterocycles. The molecule has 1 heterocycles. The molecule has 6 heteroatoms. The number of aryl methyl sites for hydroxylation is 1. The molecule has 2 rings (SSSR count). The van der Waals surface area contributed by atoms with Crippen molar-refractivity contribution in [3.63, 3.8) is 0 Å². The summed E-state index contributed by atoms with van der Waals surface area (Å²) in [5, 5.41) is 5.67. The summed E-state index contributed by atoms with van der Waals surface area (Å²) in [6.07, 6.45) is 1.69. The number of methoxy groups -OCH3 is 1. The van der Waals surface area contributed by atoms with E-state index in [-0.39, 0.29) is 0 Å². The van der Waals surface area contributed by atoms with Gasteiger partial charge in [0, 0.05) is 6.42 Å². The summed E-state index contributed by atoms with van der Waals surface area (Å²) in [6.45, 7) is 0.639. The predicted octanol–water partition coefficient (Wildman–Crippen LogP) is 2.49. The molecule has 0 saturated heterocycles. The lowest BCUT2D eigenvalue weighted by atomic mass is 10.3. The van der Waals surface area contributed by atoms with Gasteiger partial charge in [-0.3, -0.25) is 10.2 Å². The summed E-state index contributed by atoms with van der Waals surface area (Å²) in [5.74, 6) is 2.52. The molecule has 0 unspecified atom stereocenters. The van der Waals surface area contributed by atoms with Crippen molar-refractivity contribution in [1.82, 2.24) is 15.2 Å². The van der Waals surface area contributed by atoms with Crippen molar-refractivity contribution in [3.8, 4) is 11.5 Å². The van der Waals surface area contributed by atoms with Crippen LogP contribution < -0.4 is 9.47 Å². The van der Waals surface area contributed by atoms with Crippen LogP contribution in [0.5, 0.6) is 11.5 Å². The number of hydrogen-bond acceptors (Lipinski definition) is 4. The normalized spacial score (nSPS) is 10.3. The van der Waals surface area contributed by atoms with E-state index in [0.717, 1.165) is 30.2 Å². The van der Waals surface area contributed by atoms with Gasteiger partial charge in [-0.15, -0.1) is 0 Å². The maximum absolute atomic E-state index is 5.60. The van der Waals surface area contributed by atoms with Crippen molar-refractivity contribution in [3.05, 3.63) is 34.9 Å². The molecule has 0 spiro atoms. The molecule has 0 aliphatic heterocycles. The number of aromatic amines is 2. The zero-order valence-electron chi connectivity index (χ0n) is 10.1. The Hall–Kier alpha value is -1.82. The van der Waals surface area contributed by atoms with Crippen LogP contribution in [0.3, 0.4) is 0 Å². The fraction of sp³-hybridized carbons (Fsp3) is 0.333. The molecule has 96 valence electrons. The number of nitrogens with zero attached hydrogens (tertiary/aromatic N) is 1. The Kier molecular flexibility index (Phi) is 4.35. The van der Waals surface area contributed by atoms with Crippen LogP contribution in [0.2, 0.25) is 0 Å². The molecule has 2 N–H and O–H groups in total. The minimum Gasteiger partial charge on any atom is -0.497 e. The monoisotopic (exact) mass is 265 g/mol. The summed E-state index contributed by atoms with van der Waals surface area (Å²) in [6, 6.07) is 7.53. The number of benzene rings is 1. The highest BCUT2D eigenvalue weighted by Gasteiger charge is 1.98. The van der Waals surface area contributed by atoms with Gasteiger partial charge in [0.25, 0.3) is 0 Å². The van der Waals surface area contributed by atoms with Gasteiger partial charge in [0.15, 0.2) is 0 Å². The fourth-order valence-corrected chi connectivity index (χ4v) is 1.69. The molecule has 18 heavy (non-hydrogen) atoms. The number of hydrogen-bond donors (Lipinski definition) is 2. The van der Waals surface area contributed by atoms with Crippen molar-refractivity contribution in [2.75, 3.05) is 13.7 Å². The van der Waals surface area contributed by atoms with E-state index in [0.29, 0.717) is 11.4 Å². The van der Waals surface area contributed by atoms with Crippen LogP contribution in [0.4, 0.5) is 0 Å². The number of ether oxygens (including phenoxy) is 2. The van der Waals surface area contributed by atoms with E-state index in [2.05, 4.69) is 15.2 Å². The van der Waals surface area contributed by atoms with Gasteiger partial charge >= 0.3 is 0 Å². The van der Waals surface area contributed by atoms with E-state index >= 15 is 0 Å². The lowest BCUT2D eigenvalue weighted by molar-refractivity contribution is 0.309. The summed E-state index contributed by atoms with van der Waals surface area (Å²) < 4.78 is 11.2. The first-order valence-electron chi connectivity index (χ1n) is 5.68. The van der Waals surface area contributed by atoms with E-state index in [9.17, 15) is 0 Å². The van der Waals surface area contributed by atoms with Gasteiger partial charge in [-0.25, -0.2) is 4.98 Å². The van der Waals surface area contributed by atoms with Gasteiger partial charge < -0.3 is 9.47 Å². The zero-order chi connectivity index (χ0) is 12.8. The minimum absolute atomic E-state index is 0.487. The topological polar surface area (TPSA) is 62.9 Å². The van der Waals surface area contributed by atoms with Crippen molar-refractivity contribution >= 4 is 12.2 Å². The fourth-order valence-electron chi connectivity index (χ4n) is 1.52. The molecular weight excluding hydrogens is 250 g/mol. The van der Waals surface area contributed by atoms with Crippen molar-refractivity contribution in [2.45, 2.75) is 12.8 Å². The second-order valence-electron chi connectivity index (χ2n) is 3.74. The van der Waals surface area contributed by atoms with Crippen LogP contribution in [0.1, 0.15) is 12.2 Å². The van der Waals surface area contributed by atoms with E-state index in [1.807, 2.05) is 24.3 Å². The predicted molar refractivity (Wildman–Crippen MR) is 70.6 cm³/mol. The number of rotatable bonds is 6. The molecule has 0 bridgehead atoms. The highest BCUT2D eigenvalue weighted by molar-refractivity contribution is 7.71. The van der Waals surface area contributed by atoms with Crippen LogP contribution in [-0.2, 0) is 6.42 Å². The van der Waals surface area contributed by atoms with E-state index in [1.165, 1.54) is 0 Å². The first-order valence-corrected chi connectivity index (χ1v) is 6.09. The lowest BCUT2D eigenvalue weighted by Gasteiger charge is -2.06. The number of H-pyrrole nitrogens is 2. The van der Waals surface area contributed by atoms with E-state index < -0.39 is 0 Å². The zero-order valence-corrected chi connectivity index (χ0v) is 10.9. The van der Waals surface area contributed by atoms with Gasteiger partial charge in [-0.2, -0.15) is 0 Å². The van der Waals surface area contributed by atoms with Crippen LogP contribution >= 0.6 is 12.2 Å². The molecule has 0 aliphatic rings. The Morgan fingerprint density at radius 3 is 2.50 bits per heavy atom. The Bertz CT molecular complexity index is 533. The first kappa shape index (κ1) is 12.6. The van der Waals surface area contributed by atoms with Crippen molar-refractivity contribution < 1.29 is 9.47 Å². The van der Waals surface area contributed by atoms with E-state index in [1.54, 1.807) is 7.11 Å². The molecule has 1 aromatic carbocycles. The Labute approximate surface area is 110 Å². The standard InChI is InChI=1S/C12H15N3O2S/c1-16-9-4-6-10(7-5-9)17-8-2-3-11-13-12(18)15-14-11/h4-7H,2-3,8H2,1H3,(H2,13,14,15,18). The second kappa shape index (κ2) is 6.20. The average molecular weight is 265 g/mol. The summed E-state index contributed by atoms with van der Waals surface area (Å²) >= 11 is 4.87. The molecule has 0 aliphatic carbocycles. The summed E-state index contributed by atoms with van der Waals surface area (Å²) in [5.41, 5.74) is 0. The number of aromatic nitrogens is 3. The average Bonchev–Trinajstić information content (AvgIpc) is 2.81. The Balaban J connectivity index is 1.73. The van der Waals surface area contributed by atoms with Crippen molar-refractivity contribution in [1.29, 1.82) is 0 Å². The largest absolute Gasteiger partial charge is 0.497 e. The molecule has 0 amide bonds. The van der Waals surface area contributed by atoms with E-state index in [4.69, 9.17) is 21.7 Å². The smallest absolute Gasteiger partial charge is 0.213 e. The maximum Gasteiger partial charge on any atom is 0.213 e. The Morgan fingerprint density at radius 1 is 1.17 bits per heavy atom. The van der Waals surface area contributed by atoms with Crippen LogP contribution in [0.25, 0.3) is 0 Å². The van der Waals surface area contributed by atoms with Crippen LogP contribution in [-0.4, -0.2) is 28.9 Å². The molecule has 0 fully saturated rings. The van der Waals surface area contributed by atoms with Gasteiger partial charge in [0.1, 0.15) is 17.3 Å². The molecule has 0 atom stereocenters. The highest BCUT2D eigenvalue weighted by Crippen LogP contribution is 2.17. The van der Waals surface area contributed by atoms with Crippen molar-refractivity contribution in [2.24, 2.45) is 0 Å². The third kappa shape index (κ3) is 3.59. The third-order valence-electron chi connectivity index (χ3n) is 2.44. The SMILES string of the molecule is COc1ccc(OCCCc2nc(=S)[nH][nH]2)cc1. The van der Waals surface area contributed by atoms with Gasteiger partial charge in [-0.05, 0) is 42.9 Å². The Morgan fingerprint density at radius 2 is 1.89 bits per heavy atom. The maximum atomic E-state index is 5.60. The highest BCUT2D eigenvalue weighted by atomic mass is 32.1. The van der Waals surface area contributed by atoms with Gasteiger partial charge in [0.2, 0.25) is 4.77 Å². The first-order chi connectivity index (χ1) is 8.78. The number of nitrogens with one attached hydrogen (secondary N) is 2. The molecular formula is C12H15N3O2S. The molecule has 5 nitrogen and oxygen atoms in total. The quantitative estimate of drug-likeness (QED) is 0.622.